The minimum absolute atomic E-state index is 0.269. The van der Waals surface area contributed by atoms with E-state index in [2.05, 4.69) is 10.1 Å². The van der Waals surface area contributed by atoms with Crippen LogP contribution in [0.15, 0.2) is 66.7 Å². The number of aromatic nitrogens is 1. The first kappa shape index (κ1) is 22.5. The van der Waals surface area contributed by atoms with Crippen LogP contribution in [0.25, 0.3) is 10.2 Å². The average Bonchev–Trinajstić information content (AvgIpc) is 3.20. The highest BCUT2D eigenvalue weighted by Crippen LogP contribution is 2.52. The van der Waals surface area contributed by atoms with Crippen LogP contribution in [0, 0.1) is 6.92 Å². The molecule has 0 bridgehead atoms. The number of aryl methyl sites for hydroxylation is 1. The average molecular weight is 498 g/mol. The molecule has 0 amide bonds. The first-order chi connectivity index (χ1) is 16.6. The second kappa shape index (κ2) is 9.93. The van der Waals surface area contributed by atoms with E-state index in [4.69, 9.17) is 23.3 Å². The van der Waals surface area contributed by atoms with Gasteiger partial charge in [0.05, 0.1) is 23.4 Å². The van der Waals surface area contributed by atoms with E-state index in [0.717, 1.165) is 15.8 Å². The SMILES string of the molecule is Cc1ccc2nc(NP3(=O)Oc4ccccc4OCCOCCOc4ccccc4O3)sc2c1. The summed E-state index contributed by atoms with van der Waals surface area (Å²) >= 11 is 1.37. The molecule has 0 saturated carbocycles. The predicted molar refractivity (Wildman–Crippen MR) is 132 cm³/mol. The van der Waals surface area contributed by atoms with Crippen LogP contribution in [0.3, 0.4) is 0 Å². The van der Waals surface area contributed by atoms with Gasteiger partial charge in [-0.15, -0.1) is 0 Å². The maximum Gasteiger partial charge on any atom is 0.543 e. The number of ether oxygens (including phenoxy) is 3. The monoisotopic (exact) mass is 498 g/mol. The molecule has 4 aromatic rings. The van der Waals surface area contributed by atoms with Crippen LogP contribution >= 0.6 is 19.1 Å². The molecular formula is C24H23N2O6PS. The molecule has 0 spiro atoms. The summed E-state index contributed by atoms with van der Waals surface area (Å²) in [5.74, 6) is 1.40. The normalized spacial score (nSPS) is 15.9. The Morgan fingerprint density at radius 2 is 1.41 bits per heavy atom. The summed E-state index contributed by atoms with van der Waals surface area (Å²) in [5, 5.41) is 3.32. The number of nitrogens with zero attached hydrogens (tertiary/aromatic N) is 1. The molecule has 8 nitrogen and oxygen atoms in total. The zero-order valence-corrected chi connectivity index (χ0v) is 20.1. The number of benzene rings is 3. The lowest BCUT2D eigenvalue weighted by Gasteiger charge is -2.22. The van der Waals surface area contributed by atoms with Crippen LogP contribution in [-0.2, 0) is 9.30 Å². The summed E-state index contributed by atoms with van der Waals surface area (Å²) < 4.78 is 44.2. The minimum Gasteiger partial charge on any atom is -0.487 e. The number of rotatable bonds is 2. The third-order valence-electron chi connectivity index (χ3n) is 4.88. The first-order valence-electron chi connectivity index (χ1n) is 10.7. The molecule has 0 radical (unpaired) electrons. The van der Waals surface area contributed by atoms with Gasteiger partial charge in [-0.3, -0.25) is 0 Å². The fourth-order valence-electron chi connectivity index (χ4n) is 3.33. The quantitative estimate of drug-likeness (QED) is 0.333. The van der Waals surface area contributed by atoms with E-state index in [1.807, 2.05) is 37.3 Å². The van der Waals surface area contributed by atoms with Gasteiger partial charge in [-0.1, -0.05) is 41.7 Å². The smallest absolute Gasteiger partial charge is 0.487 e. The number of para-hydroxylation sites is 4. The fourth-order valence-corrected chi connectivity index (χ4v) is 5.90. The molecule has 0 unspecified atom stereocenters. The van der Waals surface area contributed by atoms with Crippen molar-refractivity contribution in [2.45, 2.75) is 6.92 Å². The lowest BCUT2D eigenvalue weighted by atomic mass is 10.2. The van der Waals surface area contributed by atoms with Gasteiger partial charge in [0.2, 0.25) is 0 Å². The summed E-state index contributed by atoms with van der Waals surface area (Å²) in [4.78, 5) is 4.56. The van der Waals surface area contributed by atoms with Gasteiger partial charge in [0, 0.05) is 0 Å². The highest BCUT2D eigenvalue weighted by atomic mass is 32.1. The van der Waals surface area contributed by atoms with Crippen LogP contribution < -0.4 is 23.6 Å². The summed E-state index contributed by atoms with van der Waals surface area (Å²) in [6.45, 7) is 3.35. The largest absolute Gasteiger partial charge is 0.543 e. The third-order valence-corrected chi connectivity index (χ3v) is 7.33. The van der Waals surface area contributed by atoms with Gasteiger partial charge < -0.3 is 23.3 Å². The summed E-state index contributed by atoms with van der Waals surface area (Å²) in [6, 6.07) is 19.9. The zero-order valence-electron chi connectivity index (χ0n) is 18.4. The molecule has 1 aliphatic rings. The molecule has 1 N–H and O–H groups in total. The van der Waals surface area contributed by atoms with Crippen molar-refractivity contribution in [3.63, 3.8) is 0 Å². The van der Waals surface area contributed by atoms with Gasteiger partial charge in [-0.05, 0) is 48.9 Å². The van der Waals surface area contributed by atoms with Gasteiger partial charge in [0.15, 0.2) is 28.1 Å². The van der Waals surface area contributed by atoms with Crippen molar-refractivity contribution < 1.29 is 27.8 Å². The standard InChI is InChI=1S/C24H23N2O6PS/c1-17-10-11-18-23(16-17)34-24(25-18)26-33(27)31-21-8-4-2-6-19(21)29-14-12-28-13-15-30-20-7-3-5-9-22(20)32-33/h2-11,16H,12-15H2,1H3,(H,25,26,27). The van der Waals surface area contributed by atoms with Crippen molar-refractivity contribution >= 4 is 34.4 Å². The van der Waals surface area contributed by atoms with E-state index in [-0.39, 0.29) is 11.5 Å². The lowest BCUT2D eigenvalue weighted by molar-refractivity contribution is 0.0751. The number of anilines is 1. The molecule has 34 heavy (non-hydrogen) atoms. The van der Waals surface area contributed by atoms with E-state index < -0.39 is 7.75 Å². The number of fused-ring (bicyclic) bond motifs is 3. The van der Waals surface area contributed by atoms with Crippen molar-refractivity contribution in [3.8, 4) is 23.0 Å². The molecule has 10 heteroatoms. The Morgan fingerprint density at radius 1 is 0.824 bits per heavy atom. The Bertz CT molecular complexity index is 1290. The Kier molecular flexibility index (Phi) is 6.58. The highest BCUT2D eigenvalue weighted by molar-refractivity contribution is 7.57. The molecule has 5 rings (SSSR count). The molecule has 2 heterocycles. The molecule has 1 aromatic heterocycles. The van der Waals surface area contributed by atoms with Crippen LogP contribution in [0.1, 0.15) is 5.56 Å². The Labute approximate surface area is 201 Å². The van der Waals surface area contributed by atoms with Crippen LogP contribution in [-0.4, -0.2) is 31.4 Å². The Morgan fingerprint density at radius 3 is 2.03 bits per heavy atom. The Balaban J connectivity index is 1.54. The molecule has 3 aromatic carbocycles. The van der Waals surface area contributed by atoms with Crippen molar-refractivity contribution in [1.82, 2.24) is 4.98 Å². The van der Waals surface area contributed by atoms with Gasteiger partial charge in [-0.25, -0.2) is 14.6 Å². The van der Waals surface area contributed by atoms with E-state index in [0.29, 0.717) is 43.1 Å². The van der Waals surface area contributed by atoms with E-state index in [9.17, 15) is 4.57 Å². The number of hydrogen-bond acceptors (Lipinski definition) is 8. The van der Waals surface area contributed by atoms with Crippen LogP contribution in [0.2, 0.25) is 0 Å². The van der Waals surface area contributed by atoms with Crippen molar-refractivity contribution in [2.75, 3.05) is 31.5 Å². The number of nitrogens with one attached hydrogen (secondary N) is 1. The van der Waals surface area contributed by atoms with Gasteiger partial charge in [0.25, 0.3) is 0 Å². The molecule has 176 valence electrons. The second-order valence-corrected chi connectivity index (χ2v) is 10.1. The number of thiazole rings is 1. The maximum absolute atomic E-state index is 14.1. The molecule has 0 atom stereocenters. The zero-order chi connectivity index (χ0) is 23.4. The lowest BCUT2D eigenvalue weighted by Crippen LogP contribution is -2.15. The van der Waals surface area contributed by atoms with Crippen molar-refractivity contribution in [2.24, 2.45) is 0 Å². The second-order valence-electron chi connectivity index (χ2n) is 7.48. The van der Waals surface area contributed by atoms with E-state index in [1.54, 1.807) is 36.4 Å². The maximum atomic E-state index is 14.1. The van der Waals surface area contributed by atoms with Gasteiger partial charge in [0.1, 0.15) is 13.2 Å². The van der Waals surface area contributed by atoms with Gasteiger partial charge in [-0.2, -0.15) is 0 Å². The molecule has 1 aliphatic heterocycles. The van der Waals surface area contributed by atoms with Crippen LogP contribution in [0.5, 0.6) is 23.0 Å². The highest BCUT2D eigenvalue weighted by Gasteiger charge is 2.33. The number of hydrogen-bond donors (Lipinski definition) is 1. The Hall–Kier alpha value is -3.26. The first-order valence-corrected chi connectivity index (χ1v) is 13.1. The topological polar surface area (TPSA) is 88.1 Å². The molecule has 0 saturated heterocycles. The van der Waals surface area contributed by atoms with Crippen molar-refractivity contribution in [3.05, 3.63) is 72.3 Å². The van der Waals surface area contributed by atoms with Gasteiger partial charge >= 0.3 is 7.75 Å². The molecule has 0 fully saturated rings. The summed E-state index contributed by atoms with van der Waals surface area (Å²) in [6.07, 6.45) is 0. The summed E-state index contributed by atoms with van der Waals surface area (Å²) in [7, 11) is -4.04. The van der Waals surface area contributed by atoms with E-state index >= 15 is 0 Å². The van der Waals surface area contributed by atoms with E-state index in [1.165, 1.54) is 11.3 Å². The summed E-state index contributed by atoms with van der Waals surface area (Å²) in [5.41, 5.74) is 1.90. The van der Waals surface area contributed by atoms with Crippen LogP contribution in [0.4, 0.5) is 5.13 Å². The molecular weight excluding hydrogens is 475 g/mol. The predicted octanol–water partition coefficient (Wildman–Crippen LogP) is 6.07. The third kappa shape index (κ3) is 5.28. The molecule has 0 aliphatic carbocycles. The fraction of sp³-hybridized carbons (Fsp3) is 0.208. The van der Waals surface area contributed by atoms with Crippen molar-refractivity contribution in [1.29, 1.82) is 0 Å². The minimum atomic E-state index is -4.04.